The summed E-state index contributed by atoms with van der Waals surface area (Å²) in [5.41, 5.74) is -0.478. The molecule has 0 aliphatic carbocycles. The third kappa shape index (κ3) is 11.6. The highest BCUT2D eigenvalue weighted by Gasteiger charge is 2.15. The van der Waals surface area contributed by atoms with Crippen molar-refractivity contribution in [3.05, 3.63) is 0 Å². The average Bonchev–Trinajstić information content (AvgIpc) is 2.34. The first-order chi connectivity index (χ1) is 9.39. The van der Waals surface area contributed by atoms with Gasteiger partial charge in [0.2, 0.25) is 0 Å². The number of carbonyl (C=O) groups is 1. The maximum absolute atomic E-state index is 11.4. The lowest BCUT2D eigenvalue weighted by molar-refractivity contribution is 0.0529. The van der Waals surface area contributed by atoms with E-state index in [1.165, 1.54) is 0 Å². The van der Waals surface area contributed by atoms with E-state index in [1.807, 2.05) is 27.7 Å². The molecule has 0 saturated carbocycles. The highest BCUT2D eigenvalue weighted by molar-refractivity contribution is 5.79. The van der Waals surface area contributed by atoms with Gasteiger partial charge in [-0.05, 0) is 27.7 Å². The van der Waals surface area contributed by atoms with Gasteiger partial charge in [-0.2, -0.15) is 0 Å². The first kappa shape index (κ1) is 18.5. The summed E-state index contributed by atoms with van der Waals surface area (Å²) in [6.07, 6.45) is -0.418. The predicted molar refractivity (Wildman–Crippen MR) is 80.1 cm³/mol. The molecule has 118 valence electrons. The van der Waals surface area contributed by atoms with Gasteiger partial charge in [-0.15, -0.1) is 0 Å². The number of nitrogens with zero attached hydrogens (tertiary/aromatic N) is 1. The molecule has 0 spiro atoms. The Kier molecular flexibility index (Phi) is 9.53. The van der Waals surface area contributed by atoms with E-state index >= 15 is 0 Å². The van der Waals surface area contributed by atoms with Gasteiger partial charge in [-0.25, -0.2) is 4.79 Å². The van der Waals surface area contributed by atoms with E-state index in [1.54, 1.807) is 7.05 Å². The zero-order chi connectivity index (χ0) is 15.4. The van der Waals surface area contributed by atoms with Crippen LogP contribution < -0.4 is 16.0 Å². The minimum atomic E-state index is -0.478. The topological polar surface area (TPSA) is 84.0 Å². The van der Waals surface area contributed by atoms with E-state index in [9.17, 15) is 4.79 Å². The number of nitrogens with one attached hydrogen (secondary N) is 3. The SMILES string of the molecule is CCOCCNC(=NC)NCCNC(=O)OC(C)(C)C. The Morgan fingerprint density at radius 3 is 2.25 bits per heavy atom. The molecule has 0 aromatic rings. The first-order valence-corrected chi connectivity index (χ1v) is 6.88. The van der Waals surface area contributed by atoms with E-state index in [4.69, 9.17) is 9.47 Å². The lowest BCUT2D eigenvalue weighted by Crippen LogP contribution is -2.43. The molecule has 0 aromatic heterocycles. The number of hydrogen-bond donors (Lipinski definition) is 3. The number of hydrogen-bond acceptors (Lipinski definition) is 4. The Bertz CT molecular complexity index is 300. The maximum atomic E-state index is 11.4. The number of carbonyl (C=O) groups excluding carboxylic acids is 1. The first-order valence-electron chi connectivity index (χ1n) is 6.88. The van der Waals surface area contributed by atoms with E-state index in [0.717, 1.165) is 0 Å². The molecular weight excluding hydrogens is 260 g/mol. The third-order valence-electron chi connectivity index (χ3n) is 2.05. The van der Waals surface area contributed by atoms with Crippen molar-refractivity contribution in [1.29, 1.82) is 0 Å². The van der Waals surface area contributed by atoms with Crippen molar-refractivity contribution in [3.8, 4) is 0 Å². The molecule has 0 aliphatic rings. The summed E-state index contributed by atoms with van der Waals surface area (Å²) in [5, 5.41) is 8.84. The Balaban J connectivity index is 3.68. The van der Waals surface area contributed by atoms with Crippen molar-refractivity contribution in [3.63, 3.8) is 0 Å². The van der Waals surface area contributed by atoms with Crippen molar-refractivity contribution in [2.45, 2.75) is 33.3 Å². The van der Waals surface area contributed by atoms with Gasteiger partial charge in [0.15, 0.2) is 5.96 Å². The van der Waals surface area contributed by atoms with Crippen LogP contribution in [0.25, 0.3) is 0 Å². The molecular formula is C13H28N4O3. The van der Waals surface area contributed by atoms with Crippen molar-refractivity contribution < 1.29 is 14.3 Å². The summed E-state index contributed by atoms with van der Waals surface area (Å²) in [6, 6.07) is 0. The second-order valence-corrected chi connectivity index (χ2v) is 5.05. The van der Waals surface area contributed by atoms with Crippen LogP contribution in [0.4, 0.5) is 4.79 Å². The number of aliphatic imine (C=N–C) groups is 1. The van der Waals surface area contributed by atoms with Crippen LogP contribution >= 0.6 is 0 Å². The maximum Gasteiger partial charge on any atom is 0.407 e. The molecule has 20 heavy (non-hydrogen) atoms. The van der Waals surface area contributed by atoms with Gasteiger partial charge in [0, 0.05) is 33.3 Å². The standard InChI is InChI=1S/C13H28N4O3/c1-6-19-10-9-16-11(14-5)15-7-8-17-12(18)20-13(2,3)4/h6-10H2,1-5H3,(H,17,18)(H2,14,15,16). The highest BCUT2D eigenvalue weighted by Crippen LogP contribution is 2.05. The lowest BCUT2D eigenvalue weighted by Gasteiger charge is -2.19. The van der Waals surface area contributed by atoms with E-state index in [0.29, 0.717) is 38.8 Å². The van der Waals surface area contributed by atoms with Crippen LogP contribution in [0.15, 0.2) is 4.99 Å². The Labute approximate surface area is 121 Å². The Hall–Kier alpha value is -1.50. The van der Waals surface area contributed by atoms with Crippen LogP contribution in [-0.2, 0) is 9.47 Å². The molecule has 1 amide bonds. The third-order valence-corrected chi connectivity index (χ3v) is 2.05. The molecule has 0 fully saturated rings. The van der Waals surface area contributed by atoms with E-state index < -0.39 is 11.7 Å². The van der Waals surface area contributed by atoms with Crippen LogP contribution in [0.2, 0.25) is 0 Å². The van der Waals surface area contributed by atoms with Crippen LogP contribution in [0.1, 0.15) is 27.7 Å². The van der Waals surface area contributed by atoms with Crippen molar-refractivity contribution >= 4 is 12.1 Å². The van der Waals surface area contributed by atoms with Gasteiger partial charge in [0.1, 0.15) is 5.60 Å². The second kappa shape index (κ2) is 10.3. The number of amides is 1. The molecule has 0 unspecified atom stereocenters. The molecule has 0 rings (SSSR count). The van der Waals surface area contributed by atoms with Crippen molar-refractivity contribution in [2.75, 3.05) is 39.9 Å². The molecule has 3 N–H and O–H groups in total. The molecule has 0 aromatic carbocycles. The van der Waals surface area contributed by atoms with Crippen molar-refractivity contribution in [2.24, 2.45) is 4.99 Å². The molecule has 0 aliphatic heterocycles. The Morgan fingerprint density at radius 2 is 1.70 bits per heavy atom. The van der Waals surface area contributed by atoms with E-state index in [-0.39, 0.29) is 0 Å². The Morgan fingerprint density at radius 1 is 1.10 bits per heavy atom. The highest BCUT2D eigenvalue weighted by atomic mass is 16.6. The van der Waals surface area contributed by atoms with Gasteiger partial charge in [-0.1, -0.05) is 0 Å². The summed E-state index contributed by atoms with van der Waals surface area (Å²) in [5.74, 6) is 0.677. The summed E-state index contributed by atoms with van der Waals surface area (Å²) < 4.78 is 10.3. The van der Waals surface area contributed by atoms with E-state index in [2.05, 4.69) is 20.9 Å². The average molecular weight is 288 g/mol. The predicted octanol–water partition coefficient (Wildman–Crippen LogP) is 0.713. The molecule has 0 bridgehead atoms. The van der Waals surface area contributed by atoms with Crippen LogP contribution in [0.5, 0.6) is 0 Å². The molecule has 0 saturated heterocycles. The van der Waals surface area contributed by atoms with Gasteiger partial charge >= 0.3 is 6.09 Å². The zero-order valence-electron chi connectivity index (χ0n) is 13.2. The summed E-state index contributed by atoms with van der Waals surface area (Å²) in [7, 11) is 1.69. The molecule has 0 radical (unpaired) electrons. The lowest BCUT2D eigenvalue weighted by atomic mass is 10.2. The van der Waals surface area contributed by atoms with Crippen LogP contribution in [0.3, 0.4) is 0 Å². The summed E-state index contributed by atoms with van der Waals surface area (Å²) >= 11 is 0. The fourth-order valence-corrected chi connectivity index (χ4v) is 1.27. The van der Waals surface area contributed by atoms with Crippen LogP contribution in [0, 0.1) is 0 Å². The number of rotatable bonds is 7. The summed E-state index contributed by atoms with van der Waals surface area (Å²) in [4.78, 5) is 15.5. The normalized spacial score (nSPS) is 11.9. The monoisotopic (exact) mass is 288 g/mol. The number of ether oxygens (including phenoxy) is 2. The molecule has 0 atom stereocenters. The fraction of sp³-hybridized carbons (Fsp3) is 0.846. The summed E-state index contributed by atoms with van der Waals surface area (Å²) in [6.45, 7) is 10.5. The number of alkyl carbamates (subject to hydrolysis) is 1. The van der Waals surface area contributed by atoms with Crippen molar-refractivity contribution in [1.82, 2.24) is 16.0 Å². The zero-order valence-corrected chi connectivity index (χ0v) is 13.2. The van der Waals surface area contributed by atoms with Gasteiger partial charge in [0.05, 0.1) is 6.61 Å². The fourth-order valence-electron chi connectivity index (χ4n) is 1.27. The smallest absolute Gasteiger partial charge is 0.407 e. The molecule has 7 heteroatoms. The minimum Gasteiger partial charge on any atom is -0.444 e. The molecule has 7 nitrogen and oxygen atoms in total. The van der Waals surface area contributed by atoms with Gasteiger partial charge < -0.3 is 25.4 Å². The van der Waals surface area contributed by atoms with Gasteiger partial charge in [0.25, 0.3) is 0 Å². The van der Waals surface area contributed by atoms with Crippen LogP contribution in [-0.4, -0.2) is 57.5 Å². The minimum absolute atomic E-state index is 0.418. The number of guanidine groups is 1. The quantitative estimate of drug-likeness (QED) is 0.365. The second-order valence-electron chi connectivity index (χ2n) is 5.05. The largest absolute Gasteiger partial charge is 0.444 e. The van der Waals surface area contributed by atoms with Gasteiger partial charge in [-0.3, -0.25) is 4.99 Å². The molecule has 0 heterocycles.